The summed E-state index contributed by atoms with van der Waals surface area (Å²) in [6.07, 6.45) is 5.40. The molecule has 0 atom stereocenters. The zero-order valence-electron chi connectivity index (χ0n) is 10.4. The highest BCUT2D eigenvalue weighted by molar-refractivity contribution is 5.44. The molecule has 1 fully saturated rings. The third-order valence-electron chi connectivity index (χ3n) is 3.02. The second-order valence-corrected chi connectivity index (χ2v) is 4.34. The predicted molar refractivity (Wildman–Crippen MR) is 69.0 cm³/mol. The maximum atomic E-state index is 4.52. The van der Waals surface area contributed by atoms with Crippen LogP contribution in [0.4, 0.5) is 5.82 Å². The maximum Gasteiger partial charge on any atom is 0.143 e. The molecule has 3 rings (SSSR count). The molecule has 0 unspecified atom stereocenters. The minimum Gasteiger partial charge on any atom is -0.354 e. The third-order valence-corrected chi connectivity index (χ3v) is 3.02. The Bertz CT molecular complexity index is 515. The number of hydrogen-bond acceptors (Lipinski definition) is 5. The molecule has 6 heteroatoms. The van der Waals surface area contributed by atoms with Gasteiger partial charge in [0.15, 0.2) is 0 Å². The Hall–Kier alpha value is -1.95. The van der Waals surface area contributed by atoms with E-state index in [1.807, 2.05) is 23.8 Å². The van der Waals surface area contributed by atoms with Crippen molar-refractivity contribution in [2.75, 3.05) is 31.1 Å². The first-order chi connectivity index (χ1) is 8.83. The molecule has 18 heavy (non-hydrogen) atoms. The molecule has 0 spiro atoms. The summed E-state index contributed by atoms with van der Waals surface area (Å²) in [6.45, 7) is 5.90. The largest absolute Gasteiger partial charge is 0.354 e. The van der Waals surface area contributed by atoms with Gasteiger partial charge in [-0.15, -0.1) is 0 Å². The van der Waals surface area contributed by atoms with Gasteiger partial charge < -0.3 is 10.2 Å². The fraction of sp³-hybridized carbons (Fsp3) is 0.417. The van der Waals surface area contributed by atoms with Gasteiger partial charge in [0.05, 0.1) is 0 Å². The normalized spacial score (nSPS) is 15.9. The van der Waals surface area contributed by atoms with Gasteiger partial charge in [-0.2, -0.15) is 0 Å². The van der Waals surface area contributed by atoms with Crippen LogP contribution in [-0.2, 0) is 0 Å². The summed E-state index contributed by atoms with van der Waals surface area (Å²) in [6, 6.07) is 2.01. The highest BCUT2D eigenvalue weighted by Gasteiger charge is 2.13. The minimum atomic E-state index is 0.787. The van der Waals surface area contributed by atoms with Gasteiger partial charge in [0.1, 0.15) is 23.8 Å². The highest BCUT2D eigenvalue weighted by atomic mass is 15.2. The van der Waals surface area contributed by atoms with Crippen LogP contribution in [0.5, 0.6) is 0 Å². The van der Waals surface area contributed by atoms with Crippen LogP contribution in [0.25, 0.3) is 5.82 Å². The van der Waals surface area contributed by atoms with E-state index in [9.17, 15) is 0 Å². The Labute approximate surface area is 106 Å². The Kier molecular flexibility index (Phi) is 2.93. The lowest BCUT2D eigenvalue weighted by molar-refractivity contribution is 0.583. The Morgan fingerprint density at radius 1 is 1.17 bits per heavy atom. The van der Waals surface area contributed by atoms with E-state index in [4.69, 9.17) is 0 Å². The summed E-state index contributed by atoms with van der Waals surface area (Å²) in [7, 11) is 0. The van der Waals surface area contributed by atoms with Crippen LogP contribution in [0.1, 0.15) is 5.82 Å². The molecule has 94 valence electrons. The number of piperazine rings is 1. The Morgan fingerprint density at radius 3 is 2.67 bits per heavy atom. The van der Waals surface area contributed by atoms with Gasteiger partial charge in [0.2, 0.25) is 0 Å². The zero-order chi connectivity index (χ0) is 12.4. The lowest BCUT2D eigenvalue weighted by atomic mass is 10.3. The van der Waals surface area contributed by atoms with Crippen molar-refractivity contribution in [3.63, 3.8) is 0 Å². The van der Waals surface area contributed by atoms with E-state index in [1.165, 1.54) is 0 Å². The van der Waals surface area contributed by atoms with Gasteiger partial charge in [-0.1, -0.05) is 0 Å². The SMILES string of the molecule is Cc1nc(N2CCNCC2)cc(-n2ccnc2)n1. The van der Waals surface area contributed by atoms with E-state index >= 15 is 0 Å². The van der Waals surface area contributed by atoms with Crippen LogP contribution >= 0.6 is 0 Å². The van der Waals surface area contributed by atoms with Gasteiger partial charge in [0, 0.05) is 44.6 Å². The molecule has 0 saturated carbocycles. The van der Waals surface area contributed by atoms with Crippen LogP contribution in [0, 0.1) is 6.92 Å². The van der Waals surface area contributed by atoms with Gasteiger partial charge in [-0.25, -0.2) is 15.0 Å². The summed E-state index contributed by atoms with van der Waals surface area (Å²) in [5.74, 6) is 2.65. The molecule has 0 bridgehead atoms. The molecule has 6 nitrogen and oxygen atoms in total. The van der Waals surface area contributed by atoms with Crippen LogP contribution in [0.2, 0.25) is 0 Å². The molecule has 1 aliphatic heterocycles. The van der Waals surface area contributed by atoms with Gasteiger partial charge in [-0.3, -0.25) is 4.57 Å². The van der Waals surface area contributed by atoms with Crippen molar-refractivity contribution < 1.29 is 0 Å². The first-order valence-corrected chi connectivity index (χ1v) is 6.12. The summed E-state index contributed by atoms with van der Waals surface area (Å²) >= 11 is 0. The predicted octanol–water partition coefficient (Wildman–Crippen LogP) is 0.380. The number of rotatable bonds is 2. The third kappa shape index (κ3) is 2.19. The second-order valence-electron chi connectivity index (χ2n) is 4.34. The highest BCUT2D eigenvalue weighted by Crippen LogP contribution is 2.15. The van der Waals surface area contributed by atoms with E-state index in [0.29, 0.717) is 0 Å². The molecular weight excluding hydrogens is 228 g/mol. The van der Waals surface area contributed by atoms with Crippen molar-refractivity contribution in [3.8, 4) is 5.82 Å². The van der Waals surface area contributed by atoms with Crippen molar-refractivity contribution in [2.24, 2.45) is 0 Å². The number of hydrogen-bond donors (Lipinski definition) is 1. The number of imidazole rings is 1. The maximum absolute atomic E-state index is 4.52. The molecule has 0 aliphatic carbocycles. The molecule has 0 radical (unpaired) electrons. The summed E-state index contributed by atoms with van der Waals surface area (Å²) in [5, 5.41) is 3.34. The number of nitrogens with one attached hydrogen (secondary N) is 1. The topological polar surface area (TPSA) is 58.9 Å². The van der Waals surface area contributed by atoms with Crippen molar-refractivity contribution in [3.05, 3.63) is 30.6 Å². The average molecular weight is 244 g/mol. The van der Waals surface area contributed by atoms with E-state index < -0.39 is 0 Å². The molecule has 0 aromatic carbocycles. The van der Waals surface area contributed by atoms with Gasteiger partial charge in [0.25, 0.3) is 0 Å². The lowest BCUT2D eigenvalue weighted by Crippen LogP contribution is -2.44. The Morgan fingerprint density at radius 2 is 1.94 bits per heavy atom. The molecule has 0 amide bonds. The first-order valence-electron chi connectivity index (χ1n) is 6.12. The standard InChI is InChI=1S/C12H16N6/c1-10-15-11(17-5-2-13-3-6-17)8-12(16-10)18-7-4-14-9-18/h4,7-9,13H,2-3,5-6H2,1H3. The molecule has 1 saturated heterocycles. The van der Waals surface area contributed by atoms with Gasteiger partial charge in [-0.05, 0) is 6.92 Å². The quantitative estimate of drug-likeness (QED) is 0.827. The minimum absolute atomic E-state index is 0.787. The number of aryl methyl sites for hydroxylation is 1. The molecule has 2 aromatic heterocycles. The van der Waals surface area contributed by atoms with Crippen molar-refractivity contribution in [1.82, 2.24) is 24.8 Å². The lowest BCUT2D eigenvalue weighted by Gasteiger charge is -2.28. The molecule has 2 aromatic rings. The fourth-order valence-electron chi connectivity index (χ4n) is 2.12. The van der Waals surface area contributed by atoms with Crippen molar-refractivity contribution in [2.45, 2.75) is 6.92 Å². The monoisotopic (exact) mass is 244 g/mol. The number of anilines is 1. The summed E-state index contributed by atoms with van der Waals surface area (Å²) in [4.78, 5) is 15.3. The van der Waals surface area contributed by atoms with Crippen molar-refractivity contribution in [1.29, 1.82) is 0 Å². The molecule has 3 heterocycles. The van der Waals surface area contributed by atoms with Gasteiger partial charge >= 0.3 is 0 Å². The van der Waals surface area contributed by atoms with E-state index in [2.05, 4.69) is 25.2 Å². The van der Waals surface area contributed by atoms with Crippen LogP contribution in [0.15, 0.2) is 24.8 Å². The summed E-state index contributed by atoms with van der Waals surface area (Å²) in [5.41, 5.74) is 0. The van der Waals surface area contributed by atoms with Crippen LogP contribution in [0.3, 0.4) is 0 Å². The smallest absolute Gasteiger partial charge is 0.143 e. The average Bonchev–Trinajstić information content (AvgIpc) is 2.93. The number of aromatic nitrogens is 4. The van der Waals surface area contributed by atoms with Crippen molar-refractivity contribution >= 4 is 5.82 Å². The summed E-state index contributed by atoms with van der Waals surface area (Å²) < 4.78 is 1.90. The molecule has 1 N–H and O–H groups in total. The first kappa shape index (κ1) is 11.2. The van der Waals surface area contributed by atoms with E-state index in [1.54, 1.807) is 12.5 Å². The second kappa shape index (κ2) is 4.73. The van der Waals surface area contributed by atoms with Crippen LogP contribution < -0.4 is 10.2 Å². The van der Waals surface area contributed by atoms with E-state index in [-0.39, 0.29) is 0 Å². The van der Waals surface area contributed by atoms with Crippen LogP contribution in [-0.4, -0.2) is 45.7 Å². The molecule has 1 aliphatic rings. The van der Waals surface area contributed by atoms with E-state index in [0.717, 1.165) is 43.6 Å². The molecular formula is C12H16N6. The fourth-order valence-corrected chi connectivity index (χ4v) is 2.12. The number of nitrogens with zero attached hydrogens (tertiary/aromatic N) is 5. The zero-order valence-corrected chi connectivity index (χ0v) is 10.4. The Balaban J connectivity index is 1.95.